The van der Waals surface area contributed by atoms with E-state index in [9.17, 15) is 4.79 Å². The van der Waals surface area contributed by atoms with Gasteiger partial charge in [-0.15, -0.1) is 0 Å². The zero-order chi connectivity index (χ0) is 12.8. The van der Waals surface area contributed by atoms with Gasteiger partial charge in [0.2, 0.25) is 5.91 Å². The lowest BCUT2D eigenvalue weighted by atomic mass is 10.1. The first-order valence-electron chi connectivity index (χ1n) is 7.12. The van der Waals surface area contributed by atoms with Crippen molar-refractivity contribution in [1.29, 1.82) is 0 Å². The summed E-state index contributed by atoms with van der Waals surface area (Å²) in [6.07, 6.45) is 6.23. The molecule has 3 heteroatoms. The van der Waals surface area contributed by atoms with Gasteiger partial charge < -0.3 is 4.90 Å². The third-order valence-corrected chi connectivity index (χ3v) is 3.42. The smallest absolute Gasteiger partial charge is 0.240 e. The predicted octanol–water partition coefficient (Wildman–Crippen LogP) is 2.76. The first-order valence-corrected chi connectivity index (χ1v) is 7.12. The summed E-state index contributed by atoms with van der Waals surface area (Å²) in [5.74, 6) is 0.913. The highest BCUT2D eigenvalue weighted by atomic mass is 16.2. The first-order chi connectivity index (χ1) is 8.06. The number of hydrogen-bond donors (Lipinski definition) is 1. The minimum absolute atomic E-state index is 0.00456. The van der Waals surface area contributed by atoms with Crippen LogP contribution >= 0.6 is 0 Å². The van der Waals surface area contributed by atoms with Gasteiger partial charge in [-0.2, -0.15) is 0 Å². The van der Waals surface area contributed by atoms with Crippen LogP contribution in [0, 0.1) is 5.92 Å². The van der Waals surface area contributed by atoms with E-state index in [1.807, 2.05) is 6.92 Å². The molecule has 2 unspecified atom stereocenters. The van der Waals surface area contributed by atoms with Crippen LogP contribution in [0.3, 0.4) is 0 Å². The van der Waals surface area contributed by atoms with E-state index in [2.05, 4.69) is 31.0 Å². The number of carbonyl (C=O) groups is 1. The molecule has 1 saturated heterocycles. The Labute approximate surface area is 106 Å². The Morgan fingerprint density at radius 2 is 2.00 bits per heavy atom. The zero-order valence-electron chi connectivity index (χ0n) is 11.8. The second kappa shape index (κ2) is 7.00. The topological polar surface area (TPSA) is 32.3 Å². The second-order valence-corrected chi connectivity index (χ2v) is 5.63. The molecule has 0 spiro atoms. The van der Waals surface area contributed by atoms with Gasteiger partial charge in [-0.1, -0.05) is 40.0 Å². The molecule has 1 heterocycles. The molecular formula is C14H28N2O. The Balaban J connectivity index is 2.43. The molecule has 2 atom stereocenters. The maximum atomic E-state index is 12.0. The van der Waals surface area contributed by atoms with Gasteiger partial charge in [0.25, 0.3) is 0 Å². The molecule has 100 valence electrons. The maximum absolute atomic E-state index is 12.0. The van der Waals surface area contributed by atoms with Crippen molar-refractivity contribution >= 4 is 5.91 Å². The molecule has 0 aromatic carbocycles. The SMILES string of the molecule is CCCCCCN1C(=O)C(C)NC1CC(C)C. The van der Waals surface area contributed by atoms with E-state index >= 15 is 0 Å². The van der Waals surface area contributed by atoms with Crippen molar-refractivity contribution in [3.05, 3.63) is 0 Å². The van der Waals surface area contributed by atoms with Crippen LogP contribution < -0.4 is 5.32 Å². The van der Waals surface area contributed by atoms with Gasteiger partial charge in [0.15, 0.2) is 0 Å². The Bertz CT molecular complexity index is 240. The molecule has 0 saturated carbocycles. The number of rotatable bonds is 7. The van der Waals surface area contributed by atoms with Crippen LogP contribution in [-0.2, 0) is 4.79 Å². The second-order valence-electron chi connectivity index (χ2n) is 5.63. The number of hydrogen-bond acceptors (Lipinski definition) is 2. The van der Waals surface area contributed by atoms with Gasteiger partial charge in [0, 0.05) is 6.54 Å². The number of amides is 1. The van der Waals surface area contributed by atoms with Crippen LogP contribution in [0.1, 0.15) is 59.8 Å². The number of unbranched alkanes of at least 4 members (excludes halogenated alkanes) is 3. The quantitative estimate of drug-likeness (QED) is 0.694. The van der Waals surface area contributed by atoms with Crippen LogP contribution in [0.15, 0.2) is 0 Å². The summed E-state index contributed by atoms with van der Waals surface area (Å²) in [5, 5.41) is 3.40. The van der Waals surface area contributed by atoms with Gasteiger partial charge in [-0.25, -0.2) is 0 Å². The van der Waals surface area contributed by atoms with E-state index in [0.29, 0.717) is 5.92 Å². The third kappa shape index (κ3) is 4.30. The van der Waals surface area contributed by atoms with Gasteiger partial charge in [-0.3, -0.25) is 10.1 Å². The molecule has 1 amide bonds. The molecular weight excluding hydrogens is 212 g/mol. The molecule has 1 rings (SSSR count). The third-order valence-electron chi connectivity index (χ3n) is 3.42. The van der Waals surface area contributed by atoms with Crippen molar-refractivity contribution in [3.8, 4) is 0 Å². The molecule has 1 aliphatic rings. The fourth-order valence-corrected chi connectivity index (χ4v) is 2.47. The fraction of sp³-hybridized carbons (Fsp3) is 0.929. The van der Waals surface area contributed by atoms with Crippen molar-refractivity contribution in [2.75, 3.05) is 6.54 Å². The summed E-state index contributed by atoms with van der Waals surface area (Å²) in [7, 11) is 0. The molecule has 0 aromatic rings. The first kappa shape index (κ1) is 14.5. The largest absolute Gasteiger partial charge is 0.326 e. The minimum Gasteiger partial charge on any atom is -0.326 e. The summed E-state index contributed by atoms with van der Waals surface area (Å²) in [5.41, 5.74) is 0. The van der Waals surface area contributed by atoms with Gasteiger partial charge >= 0.3 is 0 Å². The van der Waals surface area contributed by atoms with Crippen LogP contribution in [-0.4, -0.2) is 29.6 Å². The predicted molar refractivity (Wildman–Crippen MR) is 71.7 cm³/mol. The number of nitrogens with zero attached hydrogens (tertiary/aromatic N) is 1. The van der Waals surface area contributed by atoms with Crippen LogP contribution in [0.2, 0.25) is 0 Å². The van der Waals surface area contributed by atoms with Crippen LogP contribution in [0.4, 0.5) is 0 Å². The maximum Gasteiger partial charge on any atom is 0.240 e. The average molecular weight is 240 g/mol. The molecule has 1 N–H and O–H groups in total. The highest BCUT2D eigenvalue weighted by Gasteiger charge is 2.35. The molecule has 3 nitrogen and oxygen atoms in total. The summed E-state index contributed by atoms with van der Waals surface area (Å²) in [6, 6.07) is 0.00456. The van der Waals surface area contributed by atoms with Crippen molar-refractivity contribution in [1.82, 2.24) is 10.2 Å². The summed E-state index contributed by atoms with van der Waals surface area (Å²) in [4.78, 5) is 14.1. The molecule has 17 heavy (non-hydrogen) atoms. The van der Waals surface area contributed by atoms with E-state index < -0.39 is 0 Å². The molecule has 0 bridgehead atoms. The van der Waals surface area contributed by atoms with E-state index in [1.165, 1.54) is 19.3 Å². The van der Waals surface area contributed by atoms with Gasteiger partial charge in [0.05, 0.1) is 12.2 Å². The van der Waals surface area contributed by atoms with E-state index in [0.717, 1.165) is 19.4 Å². The van der Waals surface area contributed by atoms with E-state index in [1.54, 1.807) is 0 Å². The molecule has 0 radical (unpaired) electrons. The van der Waals surface area contributed by atoms with Gasteiger partial charge in [0.1, 0.15) is 0 Å². The van der Waals surface area contributed by atoms with Crippen molar-refractivity contribution < 1.29 is 4.79 Å². The lowest BCUT2D eigenvalue weighted by Gasteiger charge is -2.25. The zero-order valence-corrected chi connectivity index (χ0v) is 11.8. The molecule has 0 aromatic heterocycles. The lowest BCUT2D eigenvalue weighted by molar-refractivity contribution is -0.130. The lowest BCUT2D eigenvalue weighted by Crippen LogP contribution is -2.39. The Morgan fingerprint density at radius 3 is 2.59 bits per heavy atom. The Morgan fingerprint density at radius 1 is 1.29 bits per heavy atom. The van der Waals surface area contributed by atoms with Crippen molar-refractivity contribution in [2.24, 2.45) is 5.92 Å². The normalized spacial score (nSPS) is 25.0. The molecule has 0 aliphatic carbocycles. The van der Waals surface area contributed by atoms with E-state index in [4.69, 9.17) is 0 Å². The van der Waals surface area contributed by atoms with Crippen LogP contribution in [0.25, 0.3) is 0 Å². The van der Waals surface area contributed by atoms with Crippen LogP contribution in [0.5, 0.6) is 0 Å². The average Bonchev–Trinajstić information content (AvgIpc) is 2.50. The monoisotopic (exact) mass is 240 g/mol. The standard InChI is InChI=1S/C14H28N2O/c1-5-6-7-8-9-16-13(10-11(2)3)15-12(4)14(16)17/h11-13,15H,5-10H2,1-4H3. The Kier molecular flexibility index (Phi) is 5.96. The van der Waals surface area contributed by atoms with Crippen molar-refractivity contribution in [2.45, 2.75) is 72.0 Å². The number of carbonyl (C=O) groups excluding carboxylic acids is 1. The van der Waals surface area contributed by atoms with Crippen molar-refractivity contribution in [3.63, 3.8) is 0 Å². The highest BCUT2D eigenvalue weighted by molar-refractivity contribution is 5.83. The summed E-state index contributed by atoms with van der Waals surface area (Å²) < 4.78 is 0. The highest BCUT2D eigenvalue weighted by Crippen LogP contribution is 2.18. The Hall–Kier alpha value is -0.570. The molecule has 1 aliphatic heterocycles. The molecule has 1 fully saturated rings. The fourth-order valence-electron chi connectivity index (χ4n) is 2.47. The summed E-state index contributed by atoms with van der Waals surface area (Å²) in [6.45, 7) is 9.54. The minimum atomic E-state index is 0.00456. The number of nitrogens with one attached hydrogen (secondary N) is 1. The van der Waals surface area contributed by atoms with E-state index in [-0.39, 0.29) is 18.1 Å². The van der Waals surface area contributed by atoms with Gasteiger partial charge in [-0.05, 0) is 25.7 Å². The summed E-state index contributed by atoms with van der Waals surface area (Å²) >= 11 is 0.